The first-order chi connectivity index (χ1) is 10.2. The summed E-state index contributed by atoms with van der Waals surface area (Å²) in [4.78, 5) is 2.69. The molecule has 1 aromatic rings. The summed E-state index contributed by atoms with van der Waals surface area (Å²) in [6.45, 7) is 8.07. The highest BCUT2D eigenvalue weighted by Crippen LogP contribution is 2.29. The van der Waals surface area contributed by atoms with Crippen LogP contribution in [0.1, 0.15) is 57.1 Å². The standard InChI is InChI=1S/C19H30N2/c1-15(2)11-12-21(19-9-10-19)14-17-5-3-16(4-6-17)13-20-18-7-8-18/h3-6,15,18-20H,7-14H2,1-2H3. The molecule has 2 aliphatic rings. The molecular weight excluding hydrogens is 256 g/mol. The summed E-state index contributed by atoms with van der Waals surface area (Å²) in [6.07, 6.45) is 6.86. The minimum Gasteiger partial charge on any atom is -0.310 e. The number of benzene rings is 1. The van der Waals surface area contributed by atoms with Crippen LogP contribution in [0.5, 0.6) is 0 Å². The zero-order valence-electron chi connectivity index (χ0n) is 13.6. The highest BCUT2D eigenvalue weighted by molar-refractivity contribution is 5.22. The van der Waals surface area contributed by atoms with Crippen LogP contribution in [0.3, 0.4) is 0 Å². The Bertz CT molecular complexity index is 429. The smallest absolute Gasteiger partial charge is 0.0236 e. The normalized spacial score (nSPS) is 18.7. The minimum absolute atomic E-state index is 0.797. The fourth-order valence-corrected chi connectivity index (χ4v) is 2.80. The monoisotopic (exact) mass is 286 g/mol. The molecule has 0 aliphatic heterocycles. The van der Waals surface area contributed by atoms with Crippen molar-refractivity contribution in [2.24, 2.45) is 5.92 Å². The van der Waals surface area contributed by atoms with E-state index < -0.39 is 0 Å². The van der Waals surface area contributed by atoms with E-state index in [0.717, 1.165) is 31.1 Å². The van der Waals surface area contributed by atoms with Crippen LogP contribution in [0.15, 0.2) is 24.3 Å². The molecule has 116 valence electrons. The second kappa shape index (κ2) is 6.93. The van der Waals surface area contributed by atoms with Gasteiger partial charge in [-0.2, -0.15) is 0 Å². The van der Waals surface area contributed by atoms with Gasteiger partial charge in [0, 0.05) is 25.2 Å². The van der Waals surface area contributed by atoms with Gasteiger partial charge < -0.3 is 5.32 Å². The topological polar surface area (TPSA) is 15.3 Å². The largest absolute Gasteiger partial charge is 0.310 e. The summed E-state index contributed by atoms with van der Waals surface area (Å²) >= 11 is 0. The maximum Gasteiger partial charge on any atom is 0.0236 e. The number of nitrogens with zero attached hydrogens (tertiary/aromatic N) is 1. The van der Waals surface area contributed by atoms with Gasteiger partial charge in [0.2, 0.25) is 0 Å². The van der Waals surface area contributed by atoms with Crippen LogP contribution < -0.4 is 5.32 Å². The van der Waals surface area contributed by atoms with Gasteiger partial charge in [0.25, 0.3) is 0 Å². The number of hydrogen-bond acceptors (Lipinski definition) is 2. The molecule has 1 aromatic carbocycles. The number of hydrogen-bond donors (Lipinski definition) is 1. The van der Waals surface area contributed by atoms with E-state index in [2.05, 4.69) is 48.3 Å². The molecule has 1 N–H and O–H groups in total. The van der Waals surface area contributed by atoms with Crippen molar-refractivity contribution in [1.29, 1.82) is 0 Å². The lowest BCUT2D eigenvalue weighted by Crippen LogP contribution is -2.27. The van der Waals surface area contributed by atoms with Gasteiger partial charge in [-0.1, -0.05) is 38.1 Å². The molecule has 0 amide bonds. The lowest BCUT2D eigenvalue weighted by molar-refractivity contribution is 0.239. The molecule has 21 heavy (non-hydrogen) atoms. The van der Waals surface area contributed by atoms with Gasteiger partial charge in [0.1, 0.15) is 0 Å². The first-order valence-electron chi connectivity index (χ1n) is 8.76. The maximum atomic E-state index is 3.58. The minimum atomic E-state index is 0.797. The van der Waals surface area contributed by atoms with Crippen molar-refractivity contribution >= 4 is 0 Å². The van der Waals surface area contributed by atoms with Crippen LogP contribution in [0.4, 0.5) is 0 Å². The molecule has 0 atom stereocenters. The first kappa shape index (κ1) is 15.1. The van der Waals surface area contributed by atoms with Crippen molar-refractivity contribution in [2.75, 3.05) is 6.54 Å². The third kappa shape index (κ3) is 5.12. The fourth-order valence-electron chi connectivity index (χ4n) is 2.80. The predicted octanol–water partition coefficient (Wildman–Crippen LogP) is 3.95. The molecule has 2 heteroatoms. The molecule has 0 bridgehead atoms. The van der Waals surface area contributed by atoms with Crippen LogP contribution in [0, 0.1) is 5.92 Å². The summed E-state index contributed by atoms with van der Waals surface area (Å²) in [5, 5.41) is 3.58. The van der Waals surface area contributed by atoms with Crippen LogP contribution in [-0.2, 0) is 13.1 Å². The molecule has 2 nitrogen and oxygen atoms in total. The Morgan fingerprint density at radius 1 is 1.05 bits per heavy atom. The van der Waals surface area contributed by atoms with Crippen molar-refractivity contribution < 1.29 is 0 Å². The van der Waals surface area contributed by atoms with Gasteiger partial charge >= 0.3 is 0 Å². The van der Waals surface area contributed by atoms with Crippen LogP contribution >= 0.6 is 0 Å². The molecule has 0 heterocycles. The van der Waals surface area contributed by atoms with E-state index in [-0.39, 0.29) is 0 Å². The van der Waals surface area contributed by atoms with Gasteiger partial charge in [-0.15, -0.1) is 0 Å². The van der Waals surface area contributed by atoms with E-state index in [1.165, 1.54) is 49.8 Å². The van der Waals surface area contributed by atoms with Crippen molar-refractivity contribution in [3.8, 4) is 0 Å². The quantitative estimate of drug-likeness (QED) is 0.739. The Balaban J connectivity index is 1.49. The fraction of sp³-hybridized carbons (Fsp3) is 0.684. The van der Waals surface area contributed by atoms with Crippen LogP contribution in [0.25, 0.3) is 0 Å². The third-order valence-corrected chi connectivity index (χ3v) is 4.64. The number of rotatable bonds is 9. The Hall–Kier alpha value is -0.860. The molecule has 0 saturated heterocycles. The summed E-state index contributed by atoms with van der Waals surface area (Å²) in [6, 6.07) is 10.9. The molecule has 0 aromatic heterocycles. The summed E-state index contributed by atoms with van der Waals surface area (Å²) in [5.74, 6) is 0.808. The SMILES string of the molecule is CC(C)CCN(Cc1ccc(CNC2CC2)cc1)C1CC1. The zero-order chi connectivity index (χ0) is 14.7. The highest BCUT2D eigenvalue weighted by Gasteiger charge is 2.28. The second-order valence-electron chi connectivity index (χ2n) is 7.36. The first-order valence-corrected chi connectivity index (χ1v) is 8.76. The molecule has 3 rings (SSSR count). The van der Waals surface area contributed by atoms with E-state index in [9.17, 15) is 0 Å². The van der Waals surface area contributed by atoms with Crippen molar-refractivity contribution in [1.82, 2.24) is 10.2 Å². The molecule has 2 fully saturated rings. The summed E-state index contributed by atoms with van der Waals surface area (Å²) < 4.78 is 0. The van der Waals surface area contributed by atoms with Crippen molar-refractivity contribution in [3.05, 3.63) is 35.4 Å². The highest BCUT2D eigenvalue weighted by atomic mass is 15.2. The molecule has 0 radical (unpaired) electrons. The van der Waals surface area contributed by atoms with E-state index in [1.807, 2.05) is 0 Å². The molecule has 2 aliphatic carbocycles. The summed E-state index contributed by atoms with van der Waals surface area (Å²) in [7, 11) is 0. The van der Waals surface area contributed by atoms with Gasteiger partial charge in [0.15, 0.2) is 0 Å². The van der Waals surface area contributed by atoms with E-state index >= 15 is 0 Å². The average molecular weight is 286 g/mol. The summed E-state index contributed by atoms with van der Waals surface area (Å²) in [5.41, 5.74) is 2.90. The lowest BCUT2D eigenvalue weighted by Gasteiger charge is -2.23. The third-order valence-electron chi connectivity index (χ3n) is 4.64. The maximum absolute atomic E-state index is 3.58. The number of nitrogens with one attached hydrogen (secondary N) is 1. The van der Waals surface area contributed by atoms with E-state index in [0.29, 0.717) is 0 Å². The Kier molecular flexibility index (Phi) is 4.97. The average Bonchev–Trinajstić information content (AvgIpc) is 3.36. The Morgan fingerprint density at radius 3 is 2.29 bits per heavy atom. The molecule has 0 spiro atoms. The van der Waals surface area contributed by atoms with Crippen molar-refractivity contribution in [2.45, 2.75) is 71.1 Å². The van der Waals surface area contributed by atoms with Crippen LogP contribution in [0.2, 0.25) is 0 Å². The molecule has 0 unspecified atom stereocenters. The van der Waals surface area contributed by atoms with E-state index in [4.69, 9.17) is 0 Å². The molecule has 2 saturated carbocycles. The lowest BCUT2D eigenvalue weighted by atomic mass is 10.1. The Labute approximate surface area is 129 Å². The Morgan fingerprint density at radius 2 is 1.71 bits per heavy atom. The zero-order valence-corrected chi connectivity index (χ0v) is 13.6. The second-order valence-corrected chi connectivity index (χ2v) is 7.36. The van der Waals surface area contributed by atoms with E-state index in [1.54, 1.807) is 0 Å². The van der Waals surface area contributed by atoms with Gasteiger partial charge in [-0.05, 0) is 55.7 Å². The van der Waals surface area contributed by atoms with Gasteiger partial charge in [-0.3, -0.25) is 4.90 Å². The van der Waals surface area contributed by atoms with Crippen molar-refractivity contribution in [3.63, 3.8) is 0 Å². The molecular formula is C19H30N2. The van der Waals surface area contributed by atoms with Crippen LogP contribution in [-0.4, -0.2) is 23.5 Å². The van der Waals surface area contributed by atoms with Gasteiger partial charge in [0.05, 0.1) is 0 Å². The predicted molar refractivity (Wildman–Crippen MR) is 89.2 cm³/mol. The van der Waals surface area contributed by atoms with Gasteiger partial charge in [-0.25, -0.2) is 0 Å².